The highest BCUT2D eigenvalue weighted by Crippen LogP contribution is 2.30. The number of ether oxygens (including phenoxy) is 1. The number of carbonyl (C=O) groups excluding carboxylic acids is 1. The average Bonchev–Trinajstić information content (AvgIpc) is 3.17. The second-order valence-corrected chi connectivity index (χ2v) is 11.4. The molecule has 0 radical (unpaired) electrons. The van der Waals surface area contributed by atoms with Crippen LogP contribution in [0.3, 0.4) is 0 Å². The lowest BCUT2D eigenvalue weighted by atomic mass is 10.1. The second kappa shape index (κ2) is 11.8. The van der Waals surface area contributed by atoms with Gasteiger partial charge in [0.2, 0.25) is 5.95 Å². The van der Waals surface area contributed by atoms with E-state index in [1.807, 2.05) is 19.1 Å². The number of methoxy groups -OCH3 is 1. The number of benzene rings is 2. The van der Waals surface area contributed by atoms with E-state index in [4.69, 9.17) is 4.74 Å². The van der Waals surface area contributed by atoms with Crippen molar-refractivity contribution in [1.82, 2.24) is 9.97 Å². The molecule has 0 unspecified atom stereocenters. The van der Waals surface area contributed by atoms with Gasteiger partial charge in [-0.3, -0.25) is 9.10 Å². The van der Waals surface area contributed by atoms with E-state index in [-0.39, 0.29) is 4.90 Å². The minimum Gasteiger partial charge on any atom is -0.468 e. The van der Waals surface area contributed by atoms with Crippen LogP contribution in [-0.4, -0.2) is 51.1 Å². The summed E-state index contributed by atoms with van der Waals surface area (Å²) < 4.78 is 33.5. The van der Waals surface area contributed by atoms with Gasteiger partial charge in [-0.05, 0) is 75.1 Å². The molecule has 1 aromatic heterocycles. The first-order chi connectivity index (χ1) is 18.2. The standard InChI is InChI=1S/C28H35N5O4S/c1-20-17-21(2)27(22(3)18-20)38(35,36)33(19-26(34)37-4)24-11-9-23(10-12-24)30-25-13-14-29-28(31-25)32-15-7-5-6-8-16-32/h9-14,17-18H,5-8,15-16,19H2,1-4H3,(H,29,30,31). The van der Waals surface area contributed by atoms with Crippen LogP contribution in [0.1, 0.15) is 42.4 Å². The summed E-state index contributed by atoms with van der Waals surface area (Å²) in [7, 11) is -2.80. The van der Waals surface area contributed by atoms with Crippen LogP contribution in [0, 0.1) is 20.8 Å². The van der Waals surface area contributed by atoms with Gasteiger partial charge in [-0.25, -0.2) is 13.4 Å². The number of esters is 1. The Balaban J connectivity index is 1.60. The lowest BCUT2D eigenvalue weighted by Gasteiger charge is -2.25. The van der Waals surface area contributed by atoms with Crippen LogP contribution in [0.5, 0.6) is 0 Å². The largest absolute Gasteiger partial charge is 0.468 e. The molecule has 1 aliphatic rings. The number of aromatic nitrogens is 2. The van der Waals surface area contributed by atoms with E-state index in [0.717, 1.165) is 41.5 Å². The van der Waals surface area contributed by atoms with Crippen molar-refractivity contribution < 1.29 is 17.9 Å². The summed E-state index contributed by atoms with van der Waals surface area (Å²) in [5.74, 6) is 0.699. The molecule has 1 N–H and O–H groups in total. The molecular formula is C28H35N5O4S. The van der Waals surface area contributed by atoms with Gasteiger partial charge in [-0.2, -0.15) is 4.98 Å². The number of hydrogen-bond donors (Lipinski definition) is 1. The Hall–Kier alpha value is -3.66. The highest BCUT2D eigenvalue weighted by atomic mass is 32.2. The molecule has 2 aromatic carbocycles. The zero-order valence-electron chi connectivity index (χ0n) is 22.4. The molecule has 0 amide bonds. The first-order valence-electron chi connectivity index (χ1n) is 12.8. The highest BCUT2D eigenvalue weighted by Gasteiger charge is 2.30. The van der Waals surface area contributed by atoms with Crippen molar-refractivity contribution in [2.24, 2.45) is 0 Å². The number of nitrogens with zero attached hydrogens (tertiary/aromatic N) is 4. The Labute approximate surface area is 224 Å². The van der Waals surface area contributed by atoms with Crippen LogP contribution in [0.4, 0.5) is 23.1 Å². The first kappa shape index (κ1) is 27.4. The molecular weight excluding hydrogens is 502 g/mol. The molecule has 1 saturated heterocycles. The number of anilines is 4. The van der Waals surface area contributed by atoms with Crippen molar-refractivity contribution in [1.29, 1.82) is 0 Å². The maximum absolute atomic E-state index is 13.8. The van der Waals surface area contributed by atoms with Crippen molar-refractivity contribution in [2.45, 2.75) is 51.3 Å². The molecule has 1 aliphatic heterocycles. The number of nitrogens with one attached hydrogen (secondary N) is 1. The van der Waals surface area contributed by atoms with E-state index in [1.54, 1.807) is 50.4 Å². The van der Waals surface area contributed by atoms with Gasteiger partial charge in [0.15, 0.2) is 0 Å². The van der Waals surface area contributed by atoms with Crippen molar-refractivity contribution in [3.05, 3.63) is 65.4 Å². The van der Waals surface area contributed by atoms with Gasteiger partial charge in [0, 0.05) is 25.0 Å². The molecule has 10 heteroatoms. The summed E-state index contributed by atoms with van der Waals surface area (Å²) in [5, 5.41) is 3.27. The number of hydrogen-bond acceptors (Lipinski definition) is 8. The fourth-order valence-corrected chi connectivity index (χ4v) is 6.71. The number of carbonyl (C=O) groups is 1. The van der Waals surface area contributed by atoms with Crippen LogP contribution in [0.2, 0.25) is 0 Å². The monoisotopic (exact) mass is 537 g/mol. The third-order valence-corrected chi connectivity index (χ3v) is 8.69. The molecule has 38 heavy (non-hydrogen) atoms. The lowest BCUT2D eigenvalue weighted by Crippen LogP contribution is -2.37. The molecule has 0 atom stereocenters. The number of sulfonamides is 1. The second-order valence-electron chi connectivity index (χ2n) is 9.63. The van der Waals surface area contributed by atoms with Gasteiger partial charge < -0.3 is 15.0 Å². The fourth-order valence-electron chi connectivity index (χ4n) is 4.88. The summed E-state index contributed by atoms with van der Waals surface area (Å²) in [6, 6.07) is 12.3. The average molecular weight is 538 g/mol. The molecule has 0 aliphatic carbocycles. The van der Waals surface area contributed by atoms with Gasteiger partial charge in [0.25, 0.3) is 10.0 Å². The maximum atomic E-state index is 13.8. The van der Waals surface area contributed by atoms with Crippen LogP contribution in [0.25, 0.3) is 0 Å². The Morgan fingerprint density at radius 3 is 2.24 bits per heavy atom. The van der Waals surface area contributed by atoms with Crippen molar-refractivity contribution in [3.63, 3.8) is 0 Å². The minimum atomic E-state index is -4.04. The predicted octanol–water partition coefficient (Wildman–Crippen LogP) is 4.89. The molecule has 202 valence electrons. The van der Waals surface area contributed by atoms with Crippen LogP contribution in [0.15, 0.2) is 53.6 Å². The van der Waals surface area contributed by atoms with Crippen molar-refractivity contribution in [3.8, 4) is 0 Å². The first-order valence-corrected chi connectivity index (χ1v) is 14.3. The van der Waals surface area contributed by atoms with Crippen LogP contribution >= 0.6 is 0 Å². The summed E-state index contributed by atoms with van der Waals surface area (Å²) >= 11 is 0. The summed E-state index contributed by atoms with van der Waals surface area (Å²) in [5.41, 5.74) is 3.30. The fraction of sp³-hybridized carbons (Fsp3) is 0.393. The molecule has 1 fully saturated rings. The lowest BCUT2D eigenvalue weighted by molar-refractivity contribution is -0.138. The summed E-state index contributed by atoms with van der Waals surface area (Å²) in [4.78, 5) is 23.8. The third-order valence-electron chi connectivity index (χ3n) is 6.61. The number of rotatable bonds is 8. The van der Waals surface area contributed by atoms with E-state index >= 15 is 0 Å². The third kappa shape index (κ3) is 6.24. The van der Waals surface area contributed by atoms with Gasteiger partial charge in [0.05, 0.1) is 17.7 Å². The predicted molar refractivity (Wildman–Crippen MR) is 150 cm³/mol. The van der Waals surface area contributed by atoms with E-state index < -0.39 is 22.5 Å². The molecule has 2 heterocycles. The Morgan fingerprint density at radius 2 is 1.63 bits per heavy atom. The zero-order chi connectivity index (χ0) is 27.3. The van der Waals surface area contributed by atoms with Gasteiger partial charge in [-0.15, -0.1) is 0 Å². The summed E-state index contributed by atoms with van der Waals surface area (Å²) in [6.07, 6.45) is 6.46. The Kier molecular flexibility index (Phi) is 8.51. The highest BCUT2D eigenvalue weighted by molar-refractivity contribution is 7.93. The van der Waals surface area contributed by atoms with Crippen LogP contribution < -0.4 is 14.5 Å². The molecule has 3 aromatic rings. The Morgan fingerprint density at radius 1 is 1.00 bits per heavy atom. The Bertz CT molecular complexity index is 1360. The molecule has 9 nitrogen and oxygen atoms in total. The molecule has 0 saturated carbocycles. The van der Waals surface area contributed by atoms with E-state index in [0.29, 0.717) is 28.6 Å². The van der Waals surface area contributed by atoms with Crippen molar-refractivity contribution in [2.75, 3.05) is 41.3 Å². The molecule has 4 rings (SSSR count). The maximum Gasteiger partial charge on any atom is 0.326 e. The normalized spacial score (nSPS) is 14.1. The van der Waals surface area contributed by atoms with Gasteiger partial charge in [-0.1, -0.05) is 30.5 Å². The smallest absolute Gasteiger partial charge is 0.326 e. The van der Waals surface area contributed by atoms with Crippen LogP contribution in [-0.2, 0) is 19.6 Å². The van der Waals surface area contributed by atoms with E-state index in [1.165, 1.54) is 20.0 Å². The molecule has 0 bridgehead atoms. The SMILES string of the molecule is COC(=O)CN(c1ccc(Nc2ccnc(N3CCCCCC3)n2)cc1)S(=O)(=O)c1c(C)cc(C)cc1C. The van der Waals surface area contributed by atoms with Gasteiger partial charge >= 0.3 is 5.97 Å². The molecule has 0 spiro atoms. The minimum absolute atomic E-state index is 0.191. The van der Waals surface area contributed by atoms with Gasteiger partial charge in [0.1, 0.15) is 12.4 Å². The van der Waals surface area contributed by atoms with E-state index in [9.17, 15) is 13.2 Å². The zero-order valence-corrected chi connectivity index (χ0v) is 23.2. The topological polar surface area (TPSA) is 105 Å². The number of aryl methyl sites for hydroxylation is 3. The quantitative estimate of drug-likeness (QED) is 0.405. The van der Waals surface area contributed by atoms with Crippen molar-refractivity contribution >= 4 is 39.1 Å². The summed E-state index contributed by atoms with van der Waals surface area (Å²) in [6.45, 7) is 6.90. The van der Waals surface area contributed by atoms with E-state index in [2.05, 4.69) is 20.2 Å².